The number of furan rings is 1. The van der Waals surface area contributed by atoms with E-state index in [1.807, 2.05) is 24.6 Å². The van der Waals surface area contributed by atoms with Gasteiger partial charge in [0, 0.05) is 12.4 Å². The largest absolute Gasteiger partial charge is 0.478 e. The fourth-order valence-corrected chi connectivity index (χ4v) is 2.96. The van der Waals surface area contributed by atoms with Crippen molar-refractivity contribution in [2.45, 2.75) is 17.8 Å². The summed E-state index contributed by atoms with van der Waals surface area (Å²) in [6.45, 7) is 1.86. The molecular weight excluding hydrogens is 290 g/mol. The number of carboxylic acids is 1. The maximum Gasteiger partial charge on any atom is 0.339 e. The lowest BCUT2D eigenvalue weighted by molar-refractivity contribution is 0.0697. The molecule has 0 saturated heterocycles. The van der Waals surface area contributed by atoms with Crippen LogP contribution in [0.3, 0.4) is 0 Å². The Hall–Kier alpha value is -2.28. The molecule has 1 N–H and O–H groups in total. The highest BCUT2D eigenvalue weighted by atomic mass is 32.2. The molecular formula is C14H13N3O3S. The van der Waals surface area contributed by atoms with Crippen LogP contribution in [-0.4, -0.2) is 25.8 Å². The Morgan fingerprint density at radius 1 is 1.38 bits per heavy atom. The number of thioether (sulfide) groups is 1. The fraction of sp³-hybridized carbons (Fsp3) is 0.214. The summed E-state index contributed by atoms with van der Waals surface area (Å²) in [5.41, 5.74) is 0.802. The fourth-order valence-electron chi connectivity index (χ4n) is 2.08. The summed E-state index contributed by atoms with van der Waals surface area (Å²) in [4.78, 5) is 11.5. The van der Waals surface area contributed by atoms with E-state index in [0.717, 1.165) is 11.0 Å². The molecule has 0 aliphatic heterocycles. The smallest absolute Gasteiger partial charge is 0.339 e. The number of rotatable bonds is 4. The summed E-state index contributed by atoms with van der Waals surface area (Å²) >= 11 is 1.40. The molecule has 0 aliphatic rings. The van der Waals surface area contributed by atoms with Crippen LogP contribution in [0.2, 0.25) is 0 Å². The number of aromatic carboxylic acids is 1. The maximum absolute atomic E-state index is 11.5. The third-order valence-corrected chi connectivity index (χ3v) is 4.29. The molecule has 0 spiro atoms. The lowest BCUT2D eigenvalue weighted by Crippen LogP contribution is -1.99. The standard InChI is InChI=1S/C14H13N3O3S/c1-8-15-16-14(17(8)2)21-7-11-12(13(18)19)9-5-3-4-6-10(9)20-11/h3-6H,7H2,1-2H3,(H,18,19). The maximum atomic E-state index is 11.5. The molecule has 108 valence electrons. The number of aromatic nitrogens is 3. The van der Waals surface area contributed by atoms with Crippen molar-refractivity contribution < 1.29 is 14.3 Å². The van der Waals surface area contributed by atoms with Crippen LogP contribution < -0.4 is 0 Å². The Bertz CT molecular complexity index is 822. The normalized spacial score (nSPS) is 11.1. The number of carbonyl (C=O) groups is 1. The van der Waals surface area contributed by atoms with Crippen molar-refractivity contribution >= 4 is 28.7 Å². The van der Waals surface area contributed by atoms with Crippen molar-refractivity contribution in [2.75, 3.05) is 0 Å². The molecule has 0 saturated carbocycles. The van der Waals surface area contributed by atoms with Crippen LogP contribution >= 0.6 is 11.8 Å². The number of nitrogens with zero attached hydrogens (tertiary/aromatic N) is 3. The highest BCUT2D eigenvalue weighted by Crippen LogP contribution is 2.30. The molecule has 0 bridgehead atoms. The van der Waals surface area contributed by atoms with Gasteiger partial charge < -0.3 is 14.1 Å². The van der Waals surface area contributed by atoms with Crippen LogP contribution in [0.15, 0.2) is 33.8 Å². The molecule has 3 aromatic rings. The molecule has 0 aliphatic carbocycles. The molecule has 2 aromatic heterocycles. The van der Waals surface area contributed by atoms with E-state index in [9.17, 15) is 9.90 Å². The lowest BCUT2D eigenvalue weighted by atomic mass is 10.1. The van der Waals surface area contributed by atoms with E-state index in [0.29, 0.717) is 22.5 Å². The van der Waals surface area contributed by atoms with Crippen molar-refractivity contribution in [1.29, 1.82) is 0 Å². The first-order valence-electron chi connectivity index (χ1n) is 6.30. The Morgan fingerprint density at radius 2 is 2.14 bits per heavy atom. The van der Waals surface area contributed by atoms with Gasteiger partial charge in [0.05, 0.1) is 5.75 Å². The van der Waals surface area contributed by atoms with E-state index in [-0.39, 0.29) is 5.56 Å². The third kappa shape index (κ3) is 2.40. The molecule has 1 aromatic carbocycles. The monoisotopic (exact) mass is 303 g/mol. The zero-order valence-corrected chi connectivity index (χ0v) is 12.3. The second-order valence-corrected chi connectivity index (χ2v) is 5.52. The first kappa shape index (κ1) is 13.7. The zero-order chi connectivity index (χ0) is 15.0. The van der Waals surface area contributed by atoms with Crippen molar-refractivity contribution in [1.82, 2.24) is 14.8 Å². The van der Waals surface area contributed by atoms with Gasteiger partial charge in [0.1, 0.15) is 22.7 Å². The lowest BCUT2D eigenvalue weighted by Gasteiger charge is -2.00. The molecule has 0 atom stereocenters. The van der Waals surface area contributed by atoms with Gasteiger partial charge >= 0.3 is 5.97 Å². The van der Waals surface area contributed by atoms with Gasteiger partial charge in [0.25, 0.3) is 0 Å². The predicted octanol–water partition coefficient (Wildman–Crippen LogP) is 2.86. The summed E-state index contributed by atoms with van der Waals surface area (Å²) in [5.74, 6) is 0.655. The zero-order valence-electron chi connectivity index (χ0n) is 11.5. The summed E-state index contributed by atoms with van der Waals surface area (Å²) in [5, 5.41) is 18.8. The highest BCUT2D eigenvalue weighted by molar-refractivity contribution is 7.98. The Morgan fingerprint density at radius 3 is 2.81 bits per heavy atom. The number of hydrogen-bond acceptors (Lipinski definition) is 5. The van der Waals surface area contributed by atoms with E-state index in [4.69, 9.17) is 4.42 Å². The Balaban J connectivity index is 1.95. The van der Waals surface area contributed by atoms with Crippen LogP contribution in [0.5, 0.6) is 0 Å². The van der Waals surface area contributed by atoms with E-state index < -0.39 is 5.97 Å². The molecule has 6 nitrogen and oxygen atoms in total. The molecule has 21 heavy (non-hydrogen) atoms. The van der Waals surface area contributed by atoms with E-state index >= 15 is 0 Å². The highest BCUT2D eigenvalue weighted by Gasteiger charge is 2.20. The minimum absolute atomic E-state index is 0.219. The first-order valence-corrected chi connectivity index (χ1v) is 7.29. The molecule has 0 radical (unpaired) electrons. The van der Waals surface area contributed by atoms with Gasteiger partial charge in [-0.15, -0.1) is 10.2 Å². The van der Waals surface area contributed by atoms with Crippen molar-refractivity contribution in [3.05, 3.63) is 41.4 Å². The minimum atomic E-state index is -0.982. The summed E-state index contributed by atoms with van der Waals surface area (Å²) in [6, 6.07) is 7.14. The quantitative estimate of drug-likeness (QED) is 0.746. The molecule has 2 heterocycles. The van der Waals surface area contributed by atoms with Gasteiger partial charge in [0.15, 0.2) is 5.16 Å². The number of para-hydroxylation sites is 1. The van der Waals surface area contributed by atoms with Gasteiger partial charge in [-0.25, -0.2) is 4.79 Å². The second kappa shape index (κ2) is 5.25. The van der Waals surface area contributed by atoms with E-state index in [1.165, 1.54) is 11.8 Å². The van der Waals surface area contributed by atoms with E-state index in [1.54, 1.807) is 18.2 Å². The van der Waals surface area contributed by atoms with Crippen LogP contribution in [-0.2, 0) is 12.8 Å². The van der Waals surface area contributed by atoms with Crippen molar-refractivity contribution in [3.8, 4) is 0 Å². The van der Waals surface area contributed by atoms with Crippen LogP contribution in [0.25, 0.3) is 11.0 Å². The minimum Gasteiger partial charge on any atom is -0.478 e. The van der Waals surface area contributed by atoms with Crippen molar-refractivity contribution in [2.24, 2.45) is 7.05 Å². The molecule has 3 rings (SSSR count). The third-order valence-electron chi connectivity index (χ3n) is 3.27. The van der Waals surface area contributed by atoms with E-state index in [2.05, 4.69) is 10.2 Å². The number of carboxylic acid groups (broad SMARTS) is 1. The summed E-state index contributed by atoms with van der Waals surface area (Å²) in [7, 11) is 1.87. The Kier molecular flexibility index (Phi) is 3.42. The van der Waals surface area contributed by atoms with Crippen LogP contribution in [0.4, 0.5) is 0 Å². The van der Waals surface area contributed by atoms with Gasteiger partial charge in [-0.1, -0.05) is 30.0 Å². The molecule has 7 heteroatoms. The SMILES string of the molecule is Cc1nnc(SCc2oc3ccccc3c2C(=O)O)n1C. The number of aryl methyl sites for hydroxylation is 1. The van der Waals surface area contributed by atoms with Crippen molar-refractivity contribution in [3.63, 3.8) is 0 Å². The second-order valence-electron chi connectivity index (χ2n) is 4.58. The number of benzene rings is 1. The van der Waals surface area contributed by atoms with Gasteiger partial charge in [-0.2, -0.15) is 0 Å². The van der Waals surface area contributed by atoms with Crippen LogP contribution in [0.1, 0.15) is 21.9 Å². The van der Waals surface area contributed by atoms with Gasteiger partial charge in [-0.05, 0) is 13.0 Å². The average molecular weight is 303 g/mol. The van der Waals surface area contributed by atoms with Crippen LogP contribution in [0, 0.1) is 6.92 Å². The van der Waals surface area contributed by atoms with Gasteiger partial charge in [0.2, 0.25) is 0 Å². The summed E-state index contributed by atoms with van der Waals surface area (Å²) in [6.07, 6.45) is 0. The topological polar surface area (TPSA) is 81.2 Å². The average Bonchev–Trinajstić information content (AvgIpc) is 2.98. The summed E-state index contributed by atoms with van der Waals surface area (Å²) < 4.78 is 7.52. The van der Waals surface area contributed by atoms with Gasteiger partial charge in [-0.3, -0.25) is 0 Å². The molecule has 0 amide bonds. The predicted molar refractivity (Wildman–Crippen MR) is 78.5 cm³/mol. The molecule has 0 fully saturated rings. The Labute approximate surface area is 124 Å². The molecule has 0 unspecified atom stereocenters. The number of hydrogen-bond donors (Lipinski definition) is 1. The number of fused-ring (bicyclic) bond motifs is 1. The first-order chi connectivity index (χ1) is 10.1.